The number of hydrogen-bond donors (Lipinski definition) is 2. The number of aliphatic carboxylic acids is 1. The first-order valence-electron chi connectivity index (χ1n) is 8.24. The Hall–Kier alpha value is -1.10. The summed E-state index contributed by atoms with van der Waals surface area (Å²) in [5.41, 5.74) is 0. The molecule has 0 bridgehead atoms. The molecule has 1 heterocycles. The van der Waals surface area contributed by atoms with Crippen molar-refractivity contribution in [2.75, 3.05) is 26.2 Å². The van der Waals surface area contributed by atoms with Gasteiger partial charge in [0.25, 0.3) is 0 Å². The van der Waals surface area contributed by atoms with Crippen LogP contribution in [0.4, 0.5) is 0 Å². The van der Waals surface area contributed by atoms with Crippen molar-refractivity contribution in [2.24, 2.45) is 23.7 Å². The molecule has 2 aliphatic rings. The lowest BCUT2D eigenvalue weighted by Gasteiger charge is -2.31. The van der Waals surface area contributed by atoms with Gasteiger partial charge in [0.05, 0.1) is 11.8 Å². The van der Waals surface area contributed by atoms with E-state index in [4.69, 9.17) is 0 Å². The second-order valence-electron chi connectivity index (χ2n) is 6.75. The molecule has 0 aromatic carbocycles. The fourth-order valence-electron chi connectivity index (χ4n) is 3.74. The van der Waals surface area contributed by atoms with Gasteiger partial charge in [0.2, 0.25) is 5.91 Å². The van der Waals surface area contributed by atoms with Gasteiger partial charge in [-0.3, -0.25) is 9.59 Å². The van der Waals surface area contributed by atoms with Gasteiger partial charge in [0.1, 0.15) is 0 Å². The molecule has 21 heavy (non-hydrogen) atoms. The van der Waals surface area contributed by atoms with Crippen LogP contribution in [0.1, 0.15) is 39.5 Å². The Morgan fingerprint density at radius 2 is 1.81 bits per heavy atom. The molecule has 0 spiro atoms. The van der Waals surface area contributed by atoms with Crippen LogP contribution in [-0.2, 0) is 9.59 Å². The minimum Gasteiger partial charge on any atom is -0.481 e. The zero-order valence-corrected chi connectivity index (χ0v) is 13.2. The molecule has 0 radical (unpaired) electrons. The highest BCUT2D eigenvalue weighted by atomic mass is 16.4. The lowest BCUT2D eigenvalue weighted by Crippen LogP contribution is -2.41. The molecular formula is C16H28N2O3. The molecular weight excluding hydrogens is 268 g/mol. The summed E-state index contributed by atoms with van der Waals surface area (Å²) in [6.07, 6.45) is 3.58. The number of likely N-dealkylation sites (tertiary alicyclic amines) is 1. The van der Waals surface area contributed by atoms with Crippen molar-refractivity contribution < 1.29 is 14.7 Å². The maximum atomic E-state index is 12.3. The van der Waals surface area contributed by atoms with Crippen LogP contribution >= 0.6 is 0 Å². The Bertz CT molecular complexity index is 378. The molecule has 1 aliphatic carbocycles. The second kappa shape index (κ2) is 7.25. The zero-order chi connectivity index (χ0) is 15.4. The number of piperidine rings is 1. The van der Waals surface area contributed by atoms with Gasteiger partial charge in [-0.05, 0) is 57.2 Å². The van der Waals surface area contributed by atoms with Crippen molar-refractivity contribution in [2.45, 2.75) is 39.5 Å². The van der Waals surface area contributed by atoms with Gasteiger partial charge < -0.3 is 15.3 Å². The third-order valence-electron chi connectivity index (χ3n) is 5.17. The average molecular weight is 296 g/mol. The summed E-state index contributed by atoms with van der Waals surface area (Å²) in [5.74, 6) is -0.843. The lowest BCUT2D eigenvalue weighted by atomic mass is 9.93. The average Bonchev–Trinajstić information content (AvgIpc) is 2.87. The van der Waals surface area contributed by atoms with Crippen LogP contribution in [0.15, 0.2) is 0 Å². The van der Waals surface area contributed by atoms with Crippen LogP contribution in [0.5, 0.6) is 0 Å². The maximum Gasteiger partial charge on any atom is 0.307 e. The predicted octanol–water partition coefficient (Wildman–Crippen LogP) is 1.58. The summed E-state index contributed by atoms with van der Waals surface area (Å²) >= 11 is 0. The summed E-state index contributed by atoms with van der Waals surface area (Å²) in [4.78, 5) is 26.0. The molecule has 2 N–H and O–H groups in total. The van der Waals surface area contributed by atoms with Gasteiger partial charge in [-0.25, -0.2) is 0 Å². The fourth-order valence-corrected chi connectivity index (χ4v) is 3.74. The zero-order valence-electron chi connectivity index (χ0n) is 13.2. The predicted molar refractivity (Wildman–Crippen MR) is 80.9 cm³/mol. The Labute approximate surface area is 127 Å². The highest BCUT2D eigenvalue weighted by Gasteiger charge is 2.41. The maximum absolute atomic E-state index is 12.3. The Morgan fingerprint density at radius 1 is 1.19 bits per heavy atom. The topological polar surface area (TPSA) is 69.6 Å². The summed E-state index contributed by atoms with van der Waals surface area (Å²) in [6.45, 7) is 8.22. The number of amides is 1. The number of carboxylic acids is 1. The van der Waals surface area contributed by atoms with E-state index < -0.39 is 11.9 Å². The van der Waals surface area contributed by atoms with Crippen molar-refractivity contribution in [3.05, 3.63) is 0 Å². The van der Waals surface area contributed by atoms with E-state index in [2.05, 4.69) is 17.1 Å². The van der Waals surface area contributed by atoms with Crippen molar-refractivity contribution >= 4 is 11.9 Å². The minimum atomic E-state index is -0.823. The molecule has 1 saturated heterocycles. The summed E-state index contributed by atoms with van der Waals surface area (Å²) in [7, 11) is 0. The Balaban J connectivity index is 1.78. The lowest BCUT2D eigenvalue weighted by molar-refractivity contribution is -0.146. The fraction of sp³-hybridized carbons (Fsp3) is 0.875. The van der Waals surface area contributed by atoms with Gasteiger partial charge in [0.15, 0.2) is 0 Å². The van der Waals surface area contributed by atoms with E-state index in [1.807, 2.05) is 6.92 Å². The summed E-state index contributed by atoms with van der Waals surface area (Å²) in [5, 5.41) is 12.2. The highest BCUT2D eigenvalue weighted by molar-refractivity contribution is 5.85. The standard InChI is InChI=1S/C16H28N2O3/c1-3-18-6-4-12(5-7-18)10-17-15(19)13-8-11(2)9-14(13)16(20)21/h11-14H,3-10H2,1-2H3,(H,17,19)(H,20,21). The molecule has 2 rings (SSSR count). The molecule has 0 aromatic heterocycles. The molecule has 3 atom stereocenters. The number of rotatable bonds is 5. The van der Waals surface area contributed by atoms with E-state index in [0.717, 1.165) is 32.5 Å². The third kappa shape index (κ3) is 4.19. The molecule has 1 saturated carbocycles. The smallest absolute Gasteiger partial charge is 0.307 e. The molecule has 3 unspecified atom stereocenters. The number of hydrogen-bond acceptors (Lipinski definition) is 3. The van der Waals surface area contributed by atoms with E-state index >= 15 is 0 Å². The van der Waals surface area contributed by atoms with E-state index in [9.17, 15) is 14.7 Å². The minimum absolute atomic E-state index is 0.0512. The second-order valence-corrected chi connectivity index (χ2v) is 6.75. The molecule has 5 nitrogen and oxygen atoms in total. The molecule has 0 aromatic rings. The van der Waals surface area contributed by atoms with Gasteiger partial charge >= 0.3 is 5.97 Å². The summed E-state index contributed by atoms with van der Waals surface area (Å²) in [6, 6.07) is 0. The number of carboxylic acid groups (broad SMARTS) is 1. The molecule has 5 heteroatoms. The number of carbonyl (C=O) groups is 2. The van der Waals surface area contributed by atoms with Crippen molar-refractivity contribution in [1.29, 1.82) is 0 Å². The first kappa shape index (κ1) is 16.3. The van der Waals surface area contributed by atoms with Crippen LogP contribution in [0.2, 0.25) is 0 Å². The molecule has 120 valence electrons. The van der Waals surface area contributed by atoms with Crippen LogP contribution in [0.25, 0.3) is 0 Å². The Morgan fingerprint density at radius 3 is 2.38 bits per heavy atom. The first-order valence-corrected chi connectivity index (χ1v) is 8.24. The Kier molecular flexibility index (Phi) is 5.62. The van der Waals surface area contributed by atoms with Crippen molar-refractivity contribution in [1.82, 2.24) is 10.2 Å². The number of carbonyl (C=O) groups excluding carboxylic acids is 1. The van der Waals surface area contributed by atoms with Gasteiger partial charge in [-0.2, -0.15) is 0 Å². The van der Waals surface area contributed by atoms with Crippen LogP contribution < -0.4 is 5.32 Å². The van der Waals surface area contributed by atoms with Crippen LogP contribution in [0, 0.1) is 23.7 Å². The largest absolute Gasteiger partial charge is 0.481 e. The monoisotopic (exact) mass is 296 g/mol. The van der Waals surface area contributed by atoms with E-state index in [1.54, 1.807) is 0 Å². The normalized spacial score (nSPS) is 31.2. The van der Waals surface area contributed by atoms with Crippen molar-refractivity contribution in [3.8, 4) is 0 Å². The van der Waals surface area contributed by atoms with Gasteiger partial charge in [-0.15, -0.1) is 0 Å². The molecule has 1 amide bonds. The highest BCUT2D eigenvalue weighted by Crippen LogP contribution is 2.36. The van der Waals surface area contributed by atoms with Crippen LogP contribution in [0.3, 0.4) is 0 Å². The number of nitrogens with one attached hydrogen (secondary N) is 1. The van der Waals surface area contributed by atoms with Gasteiger partial charge in [-0.1, -0.05) is 13.8 Å². The molecule has 2 fully saturated rings. The van der Waals surface area contributed by atoms with Gasteiger partial charge in [0, 0.05) is 6.54 Å². The van der Waals surface area contributed by atoms with Crippen LogP contribution in [-0.4, -0.2) is 48.1 Å². The molecule has 1 aliphatic heterocycles. The number of nitrogens with zero attached hydrogens (tertiary/aromatic N) is 1. The van der Waals surface area contributed by atoms with E-state index in [-0.39, 0.29) is 11.8 Å². The van der Waals surface area contributed by atoms with Crippen molar-refractivity contribution in [3.63, 3.8) is 0 Å². The van der Waals surface area contributed by atoms with E-state index in [0.29, 0.717) is 31.2 Å². The summed E-state index contributed by atoms with van der Waals surface area (Å²) < 4.78 is 0. The quantitative estimate of drug-likeness (QED) is 0.808. The van der Waals surface area contributed by atoms with E-state index in [1.165, 1.54) is 0 Å². The SMILES string of the molecule is CCN1CCC(CNC(=O)C2CC(C)CC2C(=O)O)CC1. The first-order chi connectivity index (χ1) is 10.0. The third-order valence-corrected chi connectivity index (χ3v) is 5.17.